The first-order valence-corrected chi connectivity index (χ1v) is 9.62. The lowest BCUT2D eigenvalue weighted by Crippen LogP contribution is -2.51. The number of pyridine rings is 1. The number of benzene rings is 1. The lowest BCUT2D eigenvalue weighted by Gasteiger charge is -2.36. The third-order valence-electron chi connectivity index (χ3n) is 4.35. The summed E-state index contributed by atoms with van der Waals surface area (Å²) in [6.07, 6.45) is 10.1. The molecular formula is C20H21ClN4OS. The van der Waals surface area contributed by atoms with Crippen LogP contribution < -0.4 is 10.7 Å². The molecule has 1 aromatic carbocycles. The van der Waals surface area contributed by atoms with Crippen LogP contribution in [0.1, 0.15) is 36.4 Å². The van der Waals surface area contributed by atoms with Gasteiger partial charge in [-0.3, -0.25) is 20.5 Å². The van der Waals surface area contributed by atoms with Crippen molar-refractivity contribution in [3.8, 4) is 0 Å². The smallest absolute Gasteiger partial charge is 0.250 e. The van der Waals surface area contributed by atoms with Crippen LogP contribution in [0, 0.1) is 0 Å². The number of thiocarbonyl (C=S) groups is 1. The quantitative estimate of drug-likeness (QED) is 0.602. The van der Waals surface area contributed by atoms with Crippen molar-refractivity contribution < 1.29 is 4.79 Å². The summed E-state index contributed by atoms with van der Waals surface area (Å²) in [4.78, 5) is 16.3. The minimum Gasteiger partial charge on any atom is -0.298 e. The SMILES string of the molecule is O=C(C=Cc1ccc(Cl)cc1)NC(=S)NN1CCCCC1c1cccnc1. The highest BCUT2D eigenvalue weighted by Crippen LogP contribution is 2.28. The lowest BCUT2D eigenvalue weighted by atomic mass is 9.98. The maximum Gasteiger partial charge on any atom is 0.250 e. The largest absolute Gasteiger partial charge is 0.298 e. The first kappa shape index (κ1) is 19.5. The van der Waals surface area contributed by atoms with Gasteiger partial charge in [0.2, 0.25) is 5.91 Å². The summed E-state index contributed by atoms with van der Waals surface area (Å²) in [5.74, 6) is -0.280. The third kappa shape index (κ3) is 5.85. The maximum absolute atomic E-state index is 12.1. The molecule has 2 heterocycles. The summed E-state index contributed by atoms with van der Waals surface area (Å²) < 4.78 is 0. The molecule has 0 bridgehead atoms. The molecule has 1 atom stereocenters. The van der Waals surface area contributed by atoms with Crippen LogP contribution in [0.15, 0.2) is 54.9 Å². The topological polar surface area (TPSA) is 57.3 Å². The molecule has 2 N–H and O–H groups in total. The predicted octanol–water partition coefficient (Wildman–Crippen LogP) is 3.88. The zero-order valence-electron chi connectivity index (χ0n) is 14.8. The van der Waals surface area contributed by atoms with Crippen LogP contribution in [0.4, 0.5) is 0 Å². The van der Waals surface area contributed by atoms with E-state index < -0.39 is 0 Å². The van der Waals surface area contributed by atoms with E-state index in [1.807, 2.05) is 24.4 Å². The molecule has 1 aromatic heterocycles. The van der Waals surface area contributed by atoms with Crippen molar-refractivity contribution in [1.29, 1.82) is 0 Å². The number of piperidine rings is 1. The Hall–Kier alpha value is -2.28. The zero-order chi connectivity index (χ0) is 19.1. The van der Waals surface area contributed by atoms with Gasteiger partial charge >= 0.3 is 0 Å². The molecule has 140 valence electrons. The van der Waals surface area contributed by atoms with Gasteiger partial charge in [0.05, 0.1) is 6.04 Å². The van der Waals surface area contributed by atoms with E-state index in [1.165, 1.54) is 6.08 Å². The minimum absolute atomic E-state index is 0.187. The van der Waals surface area contributed by atoms with Crippen LogP contribution in [-0.2, 0) is 4.79 Å². The van der Waals surface area contributed by atoms with Gasteiger partial charge in [-0.05, 0) is 60.5 Å². The van der Waals surface area contributed by atoms with Crippen molar-refractivity contribution in [3.05, 3.63) is 71.0 Å². The molecule has 1 aliphatic heterocycles. The number of nitrogens with one attached hydrogen (secondary N) is 2. The van der Waals surface area contributed by atoms with Crippen molar-refractivity contribution in [3.63, 3.8) is 0 Å². The van der Waals surface area contributed by atoms with Crippen molar-refractivity contribution in [2.75, 3.05) is 6.54 Å². The van der Waals surface area contributed by atoms with E-state index in [4.69, 9.17) is 23.8 Å². The van der Waals surface area contributed by atoms with Gasteiger partial charge in [-0.1, -0.05) is 36.2 Å². The van der Waals surface area contributed by atoms with Crippen molar-refractivity contribution in [2.45, 2.75) is 25.3 Å². The van der Waals surface area contributed by atoms with Crippen LogP contribution >= 0.6 is 23.8 Å². The monoisotopic (exact) mass is 400 g/mol. The third-order valence-corrected chi connectivity index (χ3v) is 4.80. The van der Waals surface area contributed by atoms with Crippen LogP contribution in [0.5, 0.6) is 0 Å². The predicted molar refractivity (Wildman–Crippen MR) is 112 cm³/mol. The van der Waals surface area contributed by atoms with Gasteiger partial charge in [-0.25, -0.2) is 5.01 Å². The van der Waals surface area contributed by atoms with E-state index >= 15 is 0 Å². The first-order valence-electron chi connectivity index (χ1n) is 8.83. The highest BCUT2D eigenvalue weighted by atomic mass is 35.5. The highest BCUT2D eigenvalue weighted by molar-refractivity contribution is 7.80. The van der Waals surface area contributed by atoms with Gasteiger partial charge in [0.1, 0.15) is 0 Å². The van der Waals surface area contributed by atoms with Crippen LogP contribution in [0.3, 0.4) is 0 Å². The molecule has 1 unspecified atom stereocenters. The number of carbonyl (C=O) groups is 1. The van der Waals surface area contributed by atoms with Crippen molar-refractivity contribution in [2.24, 2.45) is 0 Å². The summed E-state index contributed by atoms with van der Waals surface area (Å²) in [5, 5.41) is 5.71. The number of carbonyl (C=O) groups excluding carboxylic acids is 1. The van der Waals surface area contributed by atoms with Crippen molar-refractivity contribution >= 4 is 40.9 Å². The fourth-order valence-corrected chi connectivity index (χ4v) is 3.39. The van der Waals surface area contributed by atoms with Gasteiger partial charge in [0.25, 0.3) is 0 Å². The number of nitrogens with zero attached hydrogens (tertiary/aromatic N) is 2. The Balaban J connectivity index is 1.55. The van der Waals surface area contributed by atoms with E-state index in [0.29, 0.717) is 5.02 Å². The number of aromatic nitrogens is 1. The van der Waals surface area contributed by atoms with E-state index in [9.17, 15) is 4.79 Å². The summed E-state index contributed by atoms with van der Waals surface area (Å²) in [7, 11) is 0. The molecule has 1 saturated heterocycles. The fourth-order valence-electron chi connectivity index (χ4n) is 3.04. The zero-order valence-corrected chi connectivity index (χ0v) is 16.3. The Labute approximate surface area is 169 Å². The lowest BCUT2D eigenvalue weighted by molar-refractivity contribution is -0.115. The van der Waals surface area contributed by atoms with Crippen LogP contribution in [-0.4, -0.2) is 27.6 Å². The molecule has 0 aliphatic carbocycles. The van der Waals surface area contributed by atoms with E-state index in [0.717, 1.165) is 36.9 Å². The van der Waals surface area contributed by atoms with Gasteiger partial charge in [0, 0.05) is 30.0 Å². The van der Waals surface area contributed by atoms with Gasteiger partial charge < -0.3 is 0 Å². The molecule has 7 heteroatoms. The molecule has 5 nitrogen and oxygen atoms in total. The second-order valence-electron chi connectivity index (χ2n) is 6.31. The molecule has 0 spiro atoms. The molecule has 2 aromatic rings. The second-order valence-corrected chi connectivity index (χ2v) is 7.15. The Bertz CT molecular complexity index is 810. The second kappa shape index (κ2) is 9.60. The van der Waals surface area contributed by atoms with E-state index in [-0.39, 0.29) is 17.1 Å². The van der Waals surface area contributed by atoms with Crippen LogP contribution in [0.2, 0.25) is 5.02 Å². The van der Waals surface area contributed by atoms with E-state index in [2.05, 4.69) is 26.8 Å². The summed E-state index contributed by atoms with van der Waals surface area (Å²) >= 11 is 11.2. The standard InChI is InChI=1S/C20H21ClN4OS/c21-17-9-6-15(7-10-17)8-11-19(26)23-20(27)24-25-13-2-1-5-18(25)16-4-3-12-22-14-16/h3-4,6-12,14,18H,1-2,5,13H2,(H2,23,24,26,27). The molecule has 1 aliphatic rings. The highest BCUT2D eigenvalue weighted by Gasteiger charge is 2.24. The average molecular weight is 401 g/mol. The number of hydrogen-bond acceptors (Lipinski definition) is 4. The molecule has 1 amide bonds. The number of halogens is 1. The minimum atomic E-state index is -0.280. The number of amides is 1. The van der Waals surface area contributed by atoms with Gasteiger partial charge in [0.15, 0.2) is 5.11 Å². The Morgan fingerprint density at radius 2 is 2.07 bits per heavy atom. The molecule has 27 heavy (non-hydrogen) atoms. The number of hydrazine groups is 1. The normalized spacial score (nSPS) is 17.6. The Kier molecular flexibility index (Phi) is 6.92. The maximum atomic E-state index is 12.1. The summed E-state index contributed by atoms with van der Waals surface area (Å²) in [6.45, 7) is 0.857. The molecule has 0 saturated carbocycles. The Morgan fingerprint density at radius 1 is 1.26 bits per heavy atom. The number of hydrogen-bond donors (Lipinski definition) is 2. The summed E-state index contributed by atoms with van der Waals surface area (Å²) in [6, 6.07) is 11.4. The van der Waals surface area contributed by atoms with Crippen molar-refractivity contribution in [1.82, 2.24) is 20.7 Å². The molecule has 0 radical (unpaired) electrons. The molecular weight excluding hydrogens is 380 g/mol. The van der Waals surface area contributed by atoms with Crippen LogP contribution in [0.25, 0.3) is 6.08 Å². The Morgan fingerprint density at radius 3 is 2.81 bits per heavy atom. The molecule has 3 rings (SSSR count). The fraction of sp³-hybridized carbons (Fsp3) is 0.250. The first-order chi connectivity index (χ1) is 13.1. The van der Waals surface area contributed by atoms with E-state index in [1.54, 1.807) is 24.4 Å². The average Bonchev–Trinajstić information content (AvgIpc) is 2.68. The molecule has 1 fully saturated rings. The van der Waals surface area contributed by atoms with Gasteiger partial charge in [-0.2, -0.15) is 0 Å². The number of rotatable bonds is 4. The van der Waals surface area contributed by atoms with Gasteiger partial charge in [-0.15, -0.1) is 0 Å². The summed E-state index contributed by atoms with van der Waals surface area (Å²) in [5.41, 5.74) is 5.19.